The van der Waals surface area contributed by atoms with Crippen LogP contribution in [0.5, 0.6) is 5.75 Å². The molecule has 1 aliphatic rings. The van der Waals surface area contributed by atoms with Crippen molar-refractivity contribution < 1.29 is 18.2 Å². The lowest BCUT2D eigenvalue weighted by atomic mass is 10.0. The molecule has 1 aromatic carbocycles. The third-order valence-electron chi connectivity index (χ3n) is 5.45. The summed E-state index contributed by atoms with van der Waals surface area (Å²) in [7, 11) is -3.78. The van der Waals surface area contributed by atoms with Crippen molar-refractivity contribution in [1.82, 2.24) is 14.6 Å². The van der Waals surface area contributed by atoms with Crippen molar-refractivity contribution >= 4 is 38.7 Å². The molecule has 32 heavy (non-hydrogen) atoms. The molecule has 1 atom stereocenters. The number of nitrogens with one attached hydrogen (secondary N) is 2. The van der Waals surface area contributed by atoms with E-state index in [0.717, 1.165) is 17.7 Å². The summed E-state index contributed by atoms with van der Waals surface area (Å²) in [6, 6.07) is 8.70. The number of aromatic nitrogens is 2. The molecule has 0 bridgehead atoms. The van der Waals surface area contributed by atoms with E-state index < -0.39 is 10.0 Å². The quantitative estimate of drug-likeness (QED) is 0.406. The van der Waals surface area contributed by atoms with Gasteiger partial charge in [-0.2, -0.15) is 4.31 Å². The fraction of sp³-hybridized carbons (Fsp3) is 0.429. The number of rotatable bonds is 8. The average molecular weight is 478 g/mol. The van der Waals surface area contributed by atoms with Crippen LogP contribution in [0.3, 0.4) is 0 Å². The van der Waals surface area contributed by atoms with Crippen LogP contribution >= 0.6 is 11.3 Å². The van der Waals surface area contributed by atoms with E-state index in [4.69, 9.17) is 4.63 Å². The molecule has 4 rings (SSSR count). The molecule has 172 valence electrons. The topological polar surface area (TPSA) is 121 Å². The van der Waals surface area contributed by atoms with Gasteiger partial charge in [-0.1, -0.05) is 19.9 Å². The largest absolute Gasteiger partial charge is 0.504 e. The van der Waals surface area contributed by atoms with E-state index in [2.05, 4.69) is 53.9 Å². The van der Waals surface area contributed by atoms with E-state index in [-0.39, 0.29) is 34.1 Å². The van der Waals surface area contributed by atoms with Gasteiger partial charge in [0.05, 0.1) is 11.7 Å². The number of anilines is 3. The Morgan fingerprint density at radius 3 is 2.50 bits per heavy atom. The number of phenolic OH excluding ortho intramolecular Hbond substituents is 1. The molecule has 0 unspecified atom stereocenters. The van der Waals surface area contributed by atoms with Gasteiger partial charge in [-0.25, -0.2) is 13.0 Å². The summed E-state index contributed by atoms with van der Waals surface area (Å²) in [6.45, 7) is 7.18. The lowest BCUT2D eigenvalue weighted by molar-refractivity contribution is 0.310. The Bertz CT molecular complexity index is 1180. The van der Waals surface area contributed by atoms with Crippen LogP contribution < -0.4 is 10.6 Å². The Hall–Kier alpha value is -2.63. The maximum Gasteiger partial charge on any atom is 0.246 e. The zero-order valence-corrected chi connectivity index (χ0v) is 19.8. The van der Waals surface area contributed by atoms with Crippen molar-refractivity contribution in [3.63, 3.8) is 0 Å². The molecule has 1 saturated heterocycles. The Morgan fingerprint density at radius 2 is 1.84 bits per heavy atom. The fourth-order valence-corrected chi connectivity index (χ4v) is 6.45. The molecular formula is C21H27N5O4S2. The van der Waals surface area contributed by atoms with Crippen molar-refractivity contribution in [3.05, 3.63) is 40.1 Å². The molecule has 3 aromatic rings. The lowest BCUT2D eigenvalue weighted by Crippen LogP contribution is -2.28. The molecule has 3 N–H and O–H groups in total. The summed E-state index contributed by atoms with van der Waals surface area (Å²) < 4.78 is 32.2. The number of thiophene rings is 1. The first-order valence-electron chi connectivity index (χ1n) is 10.5. The predicted molar refractivity (Wildman–Crippen MR) is 124 cm³/mol. The molecule has 1 fully saturated rings. The fourth-order valence-electron chi connectivity index (χ4n) is 3.73. The molecule has 3 heterocycles. The zero-order chi connectivity index (χ0) is 22.9. The third kappa shape index (κ3) is 4.45. The van der Waals surface area contributed by atoms with E-state index in [1.165, 1.54) is 15.2 Å². The minimum Gasteiger partial charge on any atom is -0.504 e. The van der Waals surface area contributed by atoms with Crippen LogP contribution in [0.1, 0.15) is 42.5 Å². The van der Waals surface area contributed by atoms with Crippen molar-refractivity contribution in [2.75, 3.05) is 23.7 Å². The van der Waals surface area contributed by atoms with Gasteiger partial charge in [0.2, 0.25) is 21.7 Å². The van der Waals surface area contributed by atoms with Crippen LogP contribution in [-0.2, 0) is 10.0 Å². The molecular weight excluding hydrogens is 450 g/mol. The first-order chi connectivity index (χ1) is 15.3. The molecule has 1 aliphatic heterocycles. The number of nitrogens with zero attached hydrogens (tertiary/aromatic N) is 3. The minimum atomic E-state index is -3.78. The standard InChI is InChI=1S/C21H27N5O4S2/c1-13(2)18(16-10-9-14(3)31-16)23-21-20(24-30-25-21)22-15-7-6-8-17(19(15)27)32(28,29)26-11-4-5-12-26/h6-10,13,18,27H,4-5,11-12H2,1-3H3,(H,22,24)(H,23,25)/t18-/m1/s1. The predicted octanol–water partition coefficient (Wildman–Crippen LogP) is 4.48. The number of hydrogen-bond acceptors (Lipinski definition) is 9. The summed E-state index contributed by atoms with van der Waals surface area (Å²) in [4.78, 5) is 2.24. The summed E-state index contributed by atoms with van der Waals surface area (Å²) >= 11 is 1.70. The Kier molecular flexibility index (Phi) is 6.40. The second kappa shape index (κ2) is 9.08. The number of aromatic hydroxyl groups is 1. The van der Waals surface area contributed by atoms with Crippen LogP contribution in [0, 0.1) is 12.8 Å². The summed E-state index contributed by atoms with van der Waals surface area (Å²) in [5, 5.41) is 25.0. The van der Waals surface area contributed by atoms with E-state index in [0.29, 0.717) is 18.9 Å². The van der Waals surface area contributed by atoms with Crippen molar-refractivity contribution in [2.45, 2.75) is 44.6 Å². The SMILES string of the molecule is Cc1ccc([C@H](Nc2nonc2Nc2cccc(S(=O)(=O)N3CCCC3)c2O)C(C)C)s1. The van der Waals surface area contributed by atoms with E-state index in [9.17, 15) is 13.5 Å². The Labute approximate surface area is 191 Å². The first-order valence-corrected chi connectivity index (χ1v) is 12.8. The second-order valence-corrected chi connectivity index (χ2v) is 11.4. The number of benzene rings is 1. The van der Waals surface area contributed by atoms with Gasteiger partial charge in [0, 0.05) is 22.8 Å². The molecule has 0 aliphatic carbocycles. The van der Waals surface area contributed by atoms with E-state index in [1.807, 2.05) is 0 Å². The van der Waals surface area contributed by atoms with Gasteiger partial charge in [0.1, 0.15) is 4.90 Å². The Morgan fingerprint density at radius 1 is 1.12 bits per heavy atom. The normalized spacial score (nSPS) is 15.9. The highest BCUT2D eigenvalue weighted by atomic mass is 32.2. The summed E-state index contributed by atoms with van der Waals surface area (Å²) in [5.41, 5.74) is 0.206. The van der Waals surface area contributed by atoms with Gasteiger partial charge in [-0.3, -0.25) is 0 Å². The number of hydrogen-bond donors (Lipinski definition) is 3. The third-order valence-corrected chi connectivity index (χ3v) is 8.46. The van der Waals surface area contributed by atoms with Gasteiger partial charge in [-0.05, 0) is 60.3 Å². The van der Waals surface area contributed by atoms with Gasteiger partial charge < -0.3 is 15.7 Å². The van der Waals surface area contributed by atoms with E-state index in [1.54, 1.807) is 23.5 Å². The highest BCUT2D eigenvalue weighted by Gasteiger charge is 2.31. The number of sulfonamides is 1. The smallest absolute Gasteiger partial charge is 0.246 e. The van der Waals surface area contributed by atoms with Crippen LogP contribution in [0.2, 0.25) is 0 Å². The summed E-state index contributed by atoms with van der Waals surface area (Å²) in [5.74, 6) is 0.541. The van der Waals surface area contributed by atoms with Crippen LogP contribution in [0.4, 0.5) is 17.3 Å². The first kappa shape index (κ1) is 22.6. The lowest BCUT2D eigenvalue weighted by Gasteiger charge is -2.21. The highest BCUT2D eigenvalue weighted by molar-refractivity contribution is 7.89. The van der Waals surface area contributed by atoms with Gasteiger partial charge in [0.25, 0.3) is 0 Å². The molecule has 2 aromatic heterocycles. The molecule has 0 radical (unpaired) electrons. The molecule has 0 saturated carbocycles. The molecule has 0 spiro atoms. The summed E-state index contributed by atoms with van der Waals surface area (Å²) in [6.07, 6.45) is 1.64. The van der Waals surface area contributed by atoms with Gasteiger partial charge >= 0.3 is 0 Å². The van der Waals surface area contributed by atoms with Crippen molar-refractivity contribution in [2.24, 2.45) is 5.92 Å². The minimum absolute atomic E-state index is 0.0170. The molecule has 9 nitrogen and oxygen atoms in total. The number of phenols is 1. The maximum atomic E-state index is 12.9. The monoisotopic (exact) mass is 477 g/mol. The average Bonchev–Trinajstić information content (AvgIpc) is 3.50. The molecule has 11 heteroatoms. The highest BCUT2D eigenvalue weighted by Crippen LogP contribution is 2.38. The van der Waals surface area contributed by atoms with Crippen molar-refractivity contribution in [1.29, 1.82) is 0 Å². The van der Waals surface area contributed by atoms with Crippen molar-refractivity contribution in [3.8, 4) is 5.75 Å². The van der Waals surface area contributed by atoms with Crippen LogP contribution in [-0.4, -0.2) is 41.2 Å². The van der Waals surface area contributed by atoms with Gasteiger partial charge in [0.15, 0.2) is 5.75 Å². The second-order valence-electron chi connectivity index (χ2n) is 8.16. The van der Waals surface area contributed by atoms with Gasteiger partial charge in [-0.15, -0.1) is 11.3 Å². The zero-order valence-electron chi connectivity index (χ0n) is 18.2. The maximum absolute atomic E-state index is 12.9. The van der Waals surface area contributed by atoms with Crippen LogP contribution in [0.15, 0.2) is 39.9 Å². The Balaban J connectivity index is 1.59. The molecule has 0 amide bonds. The van der Waals surface area contributed by atoms with Crippen LogP contribution in [0.25, 0.3) is 0 Å². The number of aryl methyl sites for hydroxylation is 1. The van der Waals surface area contributed by atoms with E-state index >= 15 is 0 Å². The number of para-hydroxylation sites is 1.